The average molecular weight is 247 g/mol. The van der Waals surface area contributed by atoms with E-state index < -0.39 is 0 Å². The van der Waals surface area contributed by atoms with Crippen LogP contribution in [0.4, 0.5) is 5.69 Å². The smallest absolute Gasteiger partial charge is 0.273 e. The van der Waals surface area contributed by atoms with Gasteiger partial charge in [-0.1, -0.05) is 11.6 Å². The summed E-state index contributed by atoms with van der Waals surface area (Å²) in [5, 5.41) is 18.2. The molecule has 0 unspecified atom stereocenters. The minimum atomic E-state index is -0.360. The van der Waals surface area contributed by atoms with Gasteiger partial charge in [-0.3, -0.25) is 9.89 Å². The van der Waals surface area contributed by atoms with E-state index in [0.717, 1.165) is 0 Å². The number of carbonyl (C=O) groups is 1. The molecule has 1 aromatic carbocycles. The summed E-state index contributed by atoms with van der Waals surface area (Å²) in [6.45, 7) is 0. The number of nitriles is 1. The molecule has 0 radical (unpaired) electrons. The molecule has 0 spiro atoms. The molecule has 0 bridgehead atoms. The zero-order valence-electron chi connectivity index (χ0n) is 8.57. The zero-order valence-corrected chi connectivity index (χ0v) is 9.32. The number of hydrogen-bond acceptors (Lipinski definition) is 3. The molecule has 17 heavy (non-hydrogen) atoms. The Morgan fingerprint density at radius 2 is 2.29 bits per heavy atom. The van der Waals surface area contributed by atoms with E-state index in [9.17, 15) is 4.79 Å². The van der Waals surface area contributed by atoms with Gasteiger partial charge in [0.15, 0.2) is 0 Å². The van der Waals surface area contributed by atoms with E-state index in [1.54, 1.807) is 12.1 Å². The van der Waals surface area contributed by atoms with E-state index in [1.165, 1.54) is 18.3 Å². The molecule has 1 heterocycles. The molecule has 0 atom stereocenters. The monoisotopic (exact) mass is 246 g/mol. The van der Waals surface area contributed by atoms with Gasteiger partial charge >= 0.3 is 0 Å². The molecule has 2 aromatic rings. The first kappa shape index (κ1) is 11.2. The third-order valence-electron chi connectivity index (χ3n) is 2.10. The molecule has 1 amide bonds. The molecule has 0 saturated carbocycles. The molecule has 0 aliphatic rings. The molecule has 0 fully saturated rings. The van der Waals surface area contributed by atoms with Crippen LogP contribution in [0, 0.1) is 11.3 Å². The maximum Gasteiger partial charge on any atom is 0.273 e. The third-order valence-corrected chi connectivity index (χ3v) is 2.33. The largest absolute Gasteiger partial charge is 0.319 e. The molecule has 5 nitrogen and oxygen atoms in total. The second-order valence-electron chi connectivity index (χ2n) is 3.23. The Labute approximate surface area is 102 Å². The van der Waals surface area contributed by atoms with Gasteiger partial charge in [-0.25, -0.2) is 0 Å². The van der Waals surface area contributed by atoms with Gasteiger partial charge in [0.25, 0.3) is 5.91 Å². The van der Waals surface area contributed by atoms with Gasteiger partial charge in [0.2, 0.25) is 0 Å². The van der Waals surface area contributed by atoms with Gasteiger partial charge in [-0.2, -0.15) is 10.4 Å². The molecule has 1 aromatic heterocycles. The fraction of sp³-hybridized carbons (Fsp3) is 0. The van der Waals surface area contributed by atoms with Crippen molar-refractivity contribution in [2.45, 2.75) is 0 Å². The predicted octanol–water partition coefficient (Wildman–Crippen LogP) is 2.19. The molecule has 0 aliphatic heterocycles. The molecule has 84 valence electrons. The highest BCUT2D eigenvalue weighted by molar-refractivity contribution is 6.30. The van der Waals surface area contributed by atoms with E-state index in [1.807, 2.05) is 6.07 Å². The lowest BCUT2D eigenvalue weighted by atomic mass is 10.2. The van der Waals surface area contributed by atoms with Gasteiger partial charge in [-0.15, -0.1) is 0 Å². The van der Waals surface area contributed by atoms with Crippen LogP contribution < -0.4 is 5.32 Å². The van der Waals surface area contributed by atoms with E-state index in [4.69, 9.17) is 16.9 Å². The lowest BCUT2D eigenvalue weighted by Crippen LogP contribution is -2.13. The highest BCUT2D eigenvalue weighted by Crippen LogP contribution is 2.20. The Balaban J connectivity index is 2.25. The number of hydrogen-bond donors (Lipinski definition) is 2. The highest BCUT2D eigenvalue weighted by atomic mass is 35.5. The van der Waals surface area contributed by atoms with E-state index in [0.29, 0.717) is 22.0 Å². The molecule has 2 rings (SSSR count). The number of nitrogens with one attached hydrogen (secondary N) is 2. The van der Waals surface area contributed by atoms with Crippen molar-refractivity contribution >= 4 is 23.2 Å². The average Bonchev–Trinajstić information content (AvgIpc) is 2.85. The standard InChI is InChI=1S/C11H7ClN4O/c12-8-1-2-9(7(5-8)6-13)15-11(17)10-3-4-14-16-10/h1-5H,(H,14,16)(H,15,17). The summed E-state index contributed by atoms with van der Waals surface area (Å²) in [6, 6.07) is 8.17. The molecule has 0 aliphatic carbocycles. The van der Waals surface area contributed by atoms with Gasteiger partial charge in [0.05, 0.1) is 11.3 Å². The summed E-state index contributed by atoms with van der Waals surface area (Å²) < 4.78 is 0. The Morgan fingerprint density at radius 3 is 2.94 bits per heavy atom. The van der Waals surface area contributed by atoms with Crippen LogP contribution in [0.3, 0.4) is 0 Å². The highest BCUT2D eigenvalue weighted by Gasteiger charge is 2.10. The maximum absolute atomic E-state index is 11.7. The SMILES string of the molecule is N#Cc1cc(Cl)ccc1NC(=O)c1ccn[nH]1. The summed E-state index contributed by atoms with van der Waals surface area (Å²) in [5.41, 5.74) is 1.05. The number of rotatable bonds is 2. The van der Waals surface area contributed by atoms with E-state index in [2.05, 4.69) is 15.5 Å². The normalized spacial score (nSPS) is 9.65. The summed E-state index contributed by atoms with van der Waals surface area (Å²) in [7, 11) is 0. The van der Waals surface area contributed by atoms with Crippen LogP contribution in [-0.4, -0.2) is 16.1 Å². The number of amides is 1. The molecular weight excluding hydrogens is 240 g/mol. The molecular formula is C11H7ClN4O. The third kappa shape index (κ3) is 2.44. The number of carbonyl (C=O) groups excluding carboxylic acids is 1. The fourth-order valence-electron chi connectivity index (χ4n) is 1.29. The van der Waals surface area contributed by atoms with Crippen molar-refractivity contribution in [2.75, 3.05) is 5.32 Å². The van der Waals surface area contributed by atoms with Crippen LogP contribution in [0.5, 0.6) is 0 Å². The van der Waals surface area contributed by atoms with Crippen LogP contribution >= 0.6 is 11.6 Å². The van der Waals surface area contributed by atoms with E-state index >= 15 is 0 Å². The van der Waals surface area contributed by atoms with Crippen molar-refractivity contribution < 1.29 is 4.79 Å². The van der Waals surface area contributed by atoms with Gasteiger partial charge in [0.1, 0.15) is 11.8 Å². The Morgan fingerprint density at radius 1 is 1.47 bits per heavy atom. The summed E-state index contributed by atoms with van der Waals surface area (Å²) >= 11 is 5.75. The number of aromatic nitrogens is 2. The van der Waals surface area contributed by atoms with Gasteiger partial charge < -0.3 is 5.32 Å². The number of benzene rings is 1. The first-order chi connectivity index (χ1) is 8.20. The second kappa shape index (κ2) is 4.68. The van der Waals surface area contributed by atoms with Crippen molar-refractivity contribution in [2.24, 2.45) is 0 Å². The van der Waals surface area contributed by atoms with Crippen LogP contribution in [0.2, 0.25) is 5.02 Å². The minimum absolute atomic E-state index is 0.311. The van der Waals surface area contributed by atoms with Crippen molar-refractivity contribution in [3.8, 4) is 6.07 Å². The molecule has 2 N–H and O–H groups in total. The Hall–Kier alpha value is -2.32. The number of nitrogens with zero attached hydrogens (tertiary/aromatic N) is 2. The fourth-order valence-corrected chi connectivity index (χ4v) is 1.46. The predicted molar refractivity (Wildman–Crippen MR) is 62.7 cm³/mol. The number of anilines is 1. The van der Waals surface area contributed by atoms with Gasteiger partial charge in [-0.05, 0) is 24.3 Å². The summed E-state index contributed by atoms with van der Waals surface area (Å²) in [6.07, 6.45) is 1.47. The van der Waals surface area contributed by atoms with Crippen molar-refractivity contribution in [3.05, 3.63) is 46.7 Å². The Kier molecular flexibility index (Phi) is 3.08. The molecule has 0 saturated heterocycles. The second-order valence-corrected chi connectivity index (χ2v) is 3.66. The van der Waals surface area contributed by atoms with Crippen LogP contribution in [0.25, 0.3) is 0 Å². The van der Waals surface area contributed by atoms with Crippen LogP contribution in [0.1, 0.15) is 16.1 Å². The lowest BCUT2D eigenvalue weighted by Gasteiger charge is -2.05. The van der Waals surface area contributed by atoms with E-state index in [-0.39, 0.29) is 5.91 Å². The molecule has 6 heteroatoms. The number of halogens is 1. The maximum atomic E-state index is 11.7. The van der Waals surface area contributed by atoms with Gasteiger partial charge in [0, 0.05) is 11.2 Å². The first-order valence-corrected chi connectivity index (χ1v) is 5.09. The number of H-pyrrole nitrogens is 1. The van der Waals surface area contributed by atoms with Crippen molar-refractivity contribution in [1.29, 1.82) is 5.26 Å². The quantitative estimate of drug-likeness (QED) is 0.852. The Bertz CT molecular complexity index is 586. The lowest BCUT2D eigenvalue weighted by molar-refractivity contribution is 0.102. The zero-order chi connectivity index (χ0) is 12.3. The first-order valence-electron chi connectivity index (χ1n) is 4.71. The summed E-state index contributed by atoms with van der Waals surface area (Å²) in [5.74, 6) is -0.360. The van der Waals surface area contributed by atoms with Crippen LogP contribution in [0.15, 0.2) is 30.5 Å². The topological polar surface area (TPSA) is 81.6 Å². The van der Waals surface area contributed by atoms with Crippen LogP contribution in [-0.2, 0) is 0 Å². The minimum Gasteiger partial charge on any atom is -0.319 e. The van der Waals surface area contributed by atoms with Crippen molar-refractivity contribution in [1.82, 2.24) is 10.2 Å². The van der Waals surface area contributed by atoms with Crippen molar-refractivity contribution in [3.63, 3.8) is 0 Å². The summed E-state index contributed by atoms with van der Waals surface area (Å²) in [4.78, 5) is 11.7. The number of aromatic amines is 1.